The zero-order chi connectivity index (χ0) is 10.8. The fraction of sp³-hybridized carbons (Fsp3) is 0.300. The van der Waals surface area contributed by atoms with Gasteiger partial charge in [0.15, 0.2) is 0 Å². The van der Waals surface area contributed by atoms with Crippen LogP contribution in [0.25, 0.3) is 10.6 Å². The molecule has 80 valence electrons. The maximum absolute atomic E-state index is 5.91. The van der Waals surface area contributed by atoms with Crippen molar-refractivity contribution < 1.29 is 0 Å². The van der Waals surface area contributed by atoms with Gasteiger partial charge in [-0.15, -0.1) is 11.3 Å². The lowest BCUT2D eigenvalue weighted by Gasteiger charge is -1.95. The summed E-state index contributed by atoms with van der Waals surface area (Å²) < 4.78 is 2.69. The van der Waals surface area contributed by atoms with Crippen molar-refractivity contribution in [1.82, 2.24) is 15.1 Å². The Hall–Kier alpha value is -0.840. The molecule has 0 saturated heterocycles. The van der Waals surface area contributed by atoms with E-state index in [0.29, 0.717) is 0 Å². The van der Waals surface area contributed by atoms with Gasteiger partial charge in [-0.2, -0.15) is 5.10 Å². The molecule has 2 heterocycles. The SMILES string of the molecule is CNCc1cc(-c2ccc(Cl)s2)n(C)n1. The van der Waals surface area contributed by atoms with E-state index in [1.807, 2.05) is 30.9 Å². The van der Waals surface area contributed by atoms with Crippen LogP contribution in [0, 0.1) is 0 Å². The number of nitrogens with zero attached hydrogens (tertiary/aromatic N) is 2. The first-order valence-electron chi connectivity index (χ1n) is 4.64. The first-order valence-corrected chi connectivity index (χ1v) is 5.83. The number of aryl methyl sites for hydroxylation is 1. The Morgan fingerprint density at radius 3 is 2.93 bits per heavy atom. The summed E-state index contributed by atoms with van der Waals surface area (Å²) in [6.07, 6.45) is 0. The Labute approximate surface area is 97.7 Å². The molecular formula is C10H12ClN3S. The molecule has 0 atom stereocenters. The molecule has 0 aliphatic rings. The van der Waals surface area contributed by atoms with E-state index >= 15 is 0 Å². The lowest BCUT2D eigenvalue weighted by molar-refractivity contribution is 0.716. The van der Waals surface area contributed by atoms with Crippen LogP contribution in [0.3, 0.4) is 0 Å². The second kappa shape index (κ2) is 4.35. The molecule has 3 nitrogen and oxygen atoms in total. The molecule has 0 fully saturated rings. The van der Waals surface area contributed by atoms with Crippen molar-refractivity contribution in [2.45, 2.75) is 6.54 Å². The van der Waals surface area contributed by atoms with Gasteiger partial charge < -0.3 is 5.32 Å². The molecule has 1 N–H and O–H groups in total. The van der Waals surface area contributed by atoms with Crippen LogP contribution in [-0.2, 0) is 13.6 Å². The standard InChI is InChI=1S/C10H12ClN3S/c1-12-6-7-5-8(14(2)13-7)9-3-4-10(11)15-9/h3-5,12H,6H2,1-2H3. The average Bonchev–Trinajstić information content (AvgIpc) is 2.73. The molecule has 0 amide bonds. The van der Waals surface area contributed by atoms with E-state index in [0.717, 1.165) is 27.1 Å². The van der Waals surface area contributed by atoms with E-state index in [1.54, 1.807) is 11.3 Å². The molecule has 0 spiro atoms. The zero-order valence-electron chi connectivity index (χ0n) is 8.62. The summed E-state index contributed by atoms with van der Waals surface area (Å²) in [5.74, 6) is 0. The second-order valence-electron chi connectivity index (χ2n) is 3.28. The highest BCUT2D eigenvalue weighted by Gasteiger charge is 2.08. The third-order valence-electron chi connectivity index (χ3n) is 2.11. The monoisotopic (exact) mass is 241 g/mol. The molecule has 0 aromatic carbocycles. The minimum absolute atomic E-state index is 0.785. The number of nitrogens with one attached hydrogen (secondary N) is 1. The smallest absolute Gasteiger partial charge is 0.0935 e. The summed E-state index contributed by atoms with van der Waals surface area (Å²) in [7, 11) is 3.86. The van der Waals surface area contributed by atoms with E-state index in [2.05, 4.69) is 16.5 Å². The van der Waals surface area contributed by atoms with Crippen LogP contribution >= 0.6 is 22.9 Å². The van der Waals surface area contributed by atoms with Gasteiger partial charge in [-0.3, -0.25) is 4.68 Å². The van der Waals surface area contributed by atoms with Crippen molar-refractivity contribution in [2.75, 3.05) is 7.05 Å². The number of hydrogen-bond acceptors (Lipinski definition) is 3. The summed E-state index contributed by atoms with van der Waals surface area (Å²) in [4.78, 5) is 1.15. The molecule has 2 rings (SSSR count). The Morgan fingerprint density at radius 2 is 2.33 bits per heavy atom. The van der Waals surface area contributed by atoms with Gasteiger partial charge in [0.2, 0.25) is 0 Å². The Balaban J connectivity index is 2.35. The lowest BCUT2D eigenvalue weighted by atomic mass is 10.3. The lowest BCUT2D eigenvalue weighted by Crippen LogP contribution is -2.05. The van der Waals surface area contributed by atoms with Gasteiger partial charge in [-0.05, 0) is 25.2 Å². The topological polar surface area (TPSA) is 29.9 Å². The van der Waals surface area contributed by atoms with Gasteiger partial charge in [0.25, 0.3) is 0 Å². The highest BCUT2D eigenvalue weighted by Crippen LogP contribution is 2.30. The van der Waals surface area contributed by atoms with Gasteiger partial charge in [-0.1, -0.05) is 11.6 Å². The molecule has 0 saturated carbocycles. The highest BCUT2D eigenvalue weighted by molar-refractivity contribution is 7.19. The van der Waals surface area contributed by atoms with Gasteiger partial charge >= 0.3 is 0 Å². The molecule has 0 aliphatic carbocycles. The van der Waals surface area contributed by atoms with Crippen molar-refractivity contribution in [3.05, 3.63) is 28.2 Å². The van der Waals surface area contributed by atoms with E-state index < -0.39 is 0 Å². The molecule has 0 aliphatic heterocycles. The summed E-state index contributed by atoms with van der Waals surface area (Å²) in [6.45, 7) is 0.785. The third kappa shape index (κ3) is 2.22. The minimum Gasteiger partial charge on any atom is -0.314 e. The molecular weight excluding hydrogens is 230 g/mol. The minimum atomic E-state index is 0.785. The second-order valence-corrected chi connectivity index (χ2v) is 4.99. The largest absolute Gasteiger partial charge is 0.314 e. The van der Waals surface area contributed by atoms with Crippen molar-refractivity contribution in [1.29, 1.82) is 0 Å². The quantitative estimate of drug-likeness (QED) is 0.895. The number of rotatable bonds is 3. The fourth-order valence-electron chi connectivity index (χ4n) is 1.48. The Bertz CT molecular complexity index is 461. The summed E-state index contributed by atoms with van der Waals surface area (Å²) in [6, 6.07) is 6.01. The van der Waals surface area contributed by atoms with Crippen molar-refractivity contribution in [3.8, 4) is 10.6 Å². The fourth-order valence-corrected chi connectivity index (χ4v) is 2.57. The zero-order valence-corrected chi connectivity index (χ0v) is 10.2. The van der Waals surface area contributed by atoms with Crippen molar-refractivity contribution in [3.63, 3.8) is 0 Å². The normalized spacial score (nSPS) is 10.9. The maximum Gasteiger partial charge on any atom is 0.0935 e. The molecule has 5 heteroatoms. The summed E-state index contributed by atoms with van der Waals surface area (Å²) >= 11 is 7.48. The number of halogens is 1. The van der Waals surface area contributed by atoms with Crippen LogP contribution in [0.15, 0.2) is 18.2 Å². The van der Waals surface area contributed by atoms with Crippen LogP contribution in [0.4, 0.5) is 0 Å². The Morgan fingerprint density at radius 1 is 1.53 bits per heavy atom. The van der Waals surface area contributed by atoms with Gasteiger partial charge in [-0.25, -0.2) is 0 Å². The predicted octanol–water partition coefficient (Wildman–Crippen LogP) is 2.52. The molecule has 0 radical (unpaired) electrons. The van der Waals surface area contributed by atoms with Gasteiger partial charge in [0.05, 0.1) is 20.6 Å². The summed E-state index contributed by atoms with van der Waals surface area (Å²) in [5, 5.41) is 7.49. The molecule has 15 heavy (non-hydrogen) atoms. The van der Waals surface area contributed by atoms with E-state index in [9.17, 15) is 0 Å². The van der Waals surface area contributed by atoms with Gasteiger partial charge in [0.1, 0.15) is 0 Å². The van der Waals surface area contributed by atoms with Crippen LogP contribution in [-0.4, -0.2) is 16.8 Å². The molecule has 2 aromatic rings. The first-order chi connectivity index (χ1) is 7.20. The molecule has 0 bridgehead atoms. The van der Waals surface area contributed by atoms with E-state index in [-0.39, 0.29) is 0 Å². The van der Waals surface area contributed by atoms with Crippen LogP contribution in [0.5, 0.6) is 0 Å². The first kappa shape index (κ1) is 10.7. The van der Waals surface area contributed by atoms with Gasteiger partial charge in [0, 0.05) is 13.6 Å². The van der Waals surface area contributed by atoms with Crippen LogP contribution in [0.2, 0.25) is 4.34 Å². The molecule has 2 aromatic heterocycles. The van der Waals surface area contributed by atoms with Crippen molar-refractivity contribution in [2.24, 2.45) is 7.05 Å². The van der Waals surface area contributed by atoms with Crippen LogP contribution < -0.4 is 5.32 Å². The Kier molecular flexibility index (Phi) is 3.09. The highest BCUT2D eigenvalue weighted by atomic mass is 35.5. The van der Waals surface area contributed by atoms with E-state index in [4.69, 9.17) is 11.6 Å². The maximum atomic E-state index is 5.91. The number of aromatic nitrogens is 2. The number of hydrogen-bond donors (Lipinski definition) is 1. The third-order valence-corrected chi connectivity index (χ3v) is 3.37. The summed E-state index contributed by atoms with van der Waals surface area (Å²) in [5.41, 5.74) is 2.15. The average molecular weight is 242 g/mol. The number of thiophene rings is 1. The van der Waals surface area contributed by atoms with E-state index in [1.165, 1.54) is 0 Å². The van der Waals surface area contributed by atoms with Crippen LogP contribution in [0.1, 0.15) is 5.69 Å². The molecule has 0 unspecified atom stereocenters. The van der Waals surface area contributed by atoms with Crippen molar-refractivity contribution >= 4 is 22.9 Å². The predicted molar refractivity (Wildman–Crippen MR) is 64.3 cm³/mol.